The van der Waals surface area contributed by atoms with Gasteiger partial charge in [-0.3, -0.25) is 4.79 Å². The molecule has 3 nitrogen and oxygen atoms in total. The van der Waals surface area contributed by atoms with Gasteiger partial charge in [-0.2, -0.15) is 0 Å². The van der Waals surface area contributed by atoms with Crippen molar-refractivity contribution in [2.45, 2.75) is 38.3 Å². The lowest BCUT2D eigenvalue weighted by Gasteiger charge is -2.21. The second kappa shape index (κ2) is 8.35. The Kier molecular flexibility index (Phi) is 6.16. The molecule has 0 unspecified atom stereocenters. The van der Waals surface area contributed by atoms with Gasteiger partial charge in [-0.15, -0.1) is 0 Å². The van der Waals surface area contributed by atoms with Gasteiger partial charge in [0.1, 0.15) is 6.04 Å². The predicted molar refractivity (Wildman–Crippen MR) is 88.3 cm³/mol. The normalized spacial score (nSPS) is 12.1. The van der Waals surface area contributed by atoms with Gasteiger partial charge in [0, 0.05) is 0 Å². The first kappa shape index (κ1) is 16.2. The quantitative estimate of drug-likeness (QED) is 0.790. The topological polar surface area (TPSA) is 52.3 Å². The van der Waals surface area contributed by atoms with Crippen LogP contribution in [0, 0.1) is 0 Å². The molecule has 0 saturated heterocycles. The molecule has 116 valence electrons. The Hall–Kier alpha value is -2.13. The number of rotatable bonds is 7. The summed E-state index contributed by atoms with van der Waals surface area (Å²) < 4.78 is 5.72. The highest BCUT2D eigenvalue weighted by Gasteiger charge is 2.22. The molecule has 0 fully saturated rings. The Morgan fingerprint density at radius 3 is 1.95 bits per heavy atom. The zero-order chi connectivity index (χ0) is 15.8. The Morgan fingerprint density at radius 2 is 1.50 bits per heavy atom. The van der Waals surface area contributed by atoms with E-state index in [4.69, 9.17) is 10.5 Å². The van der Waals surface area contributed by atoms with E-state index in [9.17, 15) is 4.79 Å². The lowest BCUT2D eigenvalue weighted by molar-refractivity contribution is -0.149. The summed E-state index contributed by atoms with van der Waals surface area (Å²) in [6, 6.07) is 18.9. The maximum atomic E-state index is 12.3. The fourth-order valence-electron chi connectivity index (χ4n) is 2.33. The summed E-state index contributed by atoms with van der Waals surface area (Å²) in [4.78, 5) is 12.3. The maximum absolute atomic E-state index is 12.3. The summed E-state index contributed by atoms with van der Waals surface area (Å²) in [6.45, 7) is 2.08. The molecule has 22 heavy (non-hydrogen) atoms. The van der Waals surface area contributed by atoms with Crippen LogP contribution in [0.4, 0.5) is 0 Å². The van der Waals surface area contributed by atoms with Crippen LogP contribution in [0.25, 0.3) is 0 Å². The second-order valence-electron chi connectivity index (χ2n) is 5.39. The number of benzene rings is 2. The van der Waals surface area contributed by atoms with Crippen LogP contribution < -0.4 is 5.73 Å². The number of carbonyl (C=O) groups is 1. The minimum absolute atomic E-state index is 0.342. The Bertz CT molecular complexity index is 529. The van der Waals surface area contributed by atoms with E-state index in [1.165, 1.54) is 0 Å². The highest BCUT2D eigenvalue weighted by molar-refractivity contribution is 5.76. The molecule has 0 heterocycles. The summed E-state index contributed by atoms with van der Waals surface area (Å²) in [6.07, 6.45) is 2.19. The molecule has 0 radical (unpaired) electrons. The minimum atomic E-state index is -0.560. The molecular weight excluding hydrogens is 274 g/mol. The highest BCUT2D eigenvalue weighted by Crippen LogP contribution is 2.26. The largest absolute Gasteiger partial charge is 0.451 e. The van der Waals surface area contributed by atoms with Crippen LogP contribution in [-0.4, -0.2) is 12.0 Å². The molecule has 0 saturated carbocycles. The van der Waals surface area contributed by atoms with Crippen molar-refractivity contribution in [3.63, 3.8) is 0 Å². The van der Waals surface area contributed by atoms with Crippen LogP contribution >= 0.6 is 0 Å². The molecule has 3 heteroatoms. The van der Waals surface area contributed by atoms with Crippen molar-refractivity contribution < 1.29 is 9.53 Å². The molecule has 1 atom stereocenters. The molecule has 0 spiro atoms. The van der Waals surface area contributed by atoms with E-state index in [1.54, 1.807) is 0 Å². The number of carbonyl (C=O) groups excluding carboxylic acids is 1. The van der Waals surface area contributed by atoms with Crippen LogP contribution in [-0.2, 0) is 9.53 Å². The fourth-order valence-corrected chi connectivity index (χ4v) is 2.33. The number of nitrogens with two attached hydrogens (primary N) is 1. The number of hydrogen-bond donors (Lipinski definition) is 1. The summed E-state index contributed by atoms with van der Waals surface area (Å²) in [5, 5.41) is 0. The van der Waals surface area contributed by atoms with Crippen LogP contribution in [0.2, 0.25) is 0 Å². The lowest BCUT2D eigenvalue weighted by Crippen LogP contribution is -2.33. The Balaban J connectivity index is 2.17. The summed E-state index contributed by atoms with van der Waals surface area (Å²) in [7, 11) is 0. The third kappa shape index (κ3) is 4.43. The van der Waals surface area contributed by atoms with Crippen molar-refractivity contribution >= 4 is 5.97 Å². The molecule has 0 bridgehead atoms. The van der Waals surface area contributed by atoms with Crippen molar-refractivity contribution in [3.05, 3.63) is 71.8 Å². The zero-order valence-electron chi connectivity index (χ0n) is 12.9. The zero-order valence-corrected chi connectivity index (χ0v) is 12.9. The van der Waals surface area contributed by atoms with Gasteiger partial charge in [0.2, 0.25) is 0 Å². The van der Waals surface area contributed by atoms with Gasteiger partial charge in [0.05, 0.1) is 0 Å². The number of ether oxygens (including phenoxy) is 1. The Morgan fingerprint density at radius 1 is 1.00 bits per heavy atom. The van der Waals surface area contributed by atoms with Gasteiger partial charge in [0.15, 0.2) is 6.10 Å². The van der Waals surface area contributed by atoms with Crippen molar-refractivity contribution in [2.24, 2.45) is 5.73 Å². The highest BCUT2D eigenvalue weighted by atomic mass is 16.5. The SMILES string of the molecule is CCCC[C@H](N)C(=O)OC(c1ccccc1)c1ccccc1. The first-order chi connectivity index (χ1) is 10.7. The average molecular weight is 297 g/mol. The van der Waals surface area contributed by atoms with E-state index in [0.717, 1.165) is 24.0 Å². The van der Waals surface area contributed by atoms with Crippen molar-refractivity contribution in [1.29, 1.82) is 0 Å². The molecule has 0 aliphatic rings. The van der Waals surface area contributed by atoms with Gasteiger partial charge < -0.3 is 10.5 Å². The van der Waals surface area contributed by atoms with Gasteiger partial charge in [-0.25, -0.2) is 0 Å². The van der Waals surface area contributed by atoms with Crippen molar-refractivity contribution in [1.82, 2.24) is 0 Å². The molecule has 0 aliphatic carbocycles. The number of unbranched alkanes of at least 4 members (excludes halogenated alkanes) is 1. The van der Waals surface area contributed by atoms with Crippen molar-refractivity contribution in [2.75, 3.05) is 0 Å². The van der Waals surface area contributed by atoms with E-state index in [0.29, 0.717) is 6.42 Å². The summed E-state index contributed by atoms with van der Waals surface area (Å²) in [5.41, 5.74) is 7.83. The molecule has 2 aromatic carbocycles. The molecule has 2 aromatic rings. The molecule has 2 rings (SSSR count). The third-order valence-electron chi connectivity index (χ3n) is 3.61. The monoisotopic (exact) mass is 297 g/mol. The molecule has 0 aromatic heterocycles. The van der Waals surface area contributed by atoms with Crippen LogP contribution in [0.1, 0.15) is 43.4 Å². The Labute approximate surface area is 132 Å². The summed E-state index contributed by atoms with van der Waals surface area (Å²) >= 11 is 0. The summed E-state index contributed by atoms with van der Waals surface area (Å²) in [5.74, 6) is -0.342. The molecular formula is C19H23NO2. The second-order valence-corrected chi connectivity index (χ2v) is 5.39. The van der Waals surface area contributed by atoms with Gasteiger partial charge in [0.25, 0.3) is 0 Å². The van der Waals surface area contributed by atoms with Crippen LogP contribution in [0.3, 0.4) is 0 Å². The van der Waals surface area contributed by atoms with Gasteiger partial charge in [-0.05, 0) is 17.5 Å². The minimum Gasteiger partial charge on any atom is -0.451 e. The number of esters is 1. The van der Waals surface area contributed by atoms with Crippen LogP contribution in [0.15, 0.2) is 60.7 Å². The van der Waals surface area contributed by atoms with Crippen molar-refractivity contribution in [3.8, 4) is 0 Å². The predicted octanol–water partition coefficient (Wildman–Crippen LogP) is 3.84. The smallest absolute Gasteiger partial charge is 0.323 e. The van der Waals surface area contributed by atoms with Crippen LogP contribution in [0.5, 0.6) is 0 Å². The van der Waals surface area contributed by atoms with E-state index in [1.807, 2.05) is 60.7 Å². The van der Waals surface area contributed by atoms with Gasteiger partial charge >= 0.3 is 5.97 Å². The first-order valence-corrected chi connectivity index (χ1v) is 7.78. The van der Waals surface area contributed by atoms with E-state index in [2.05, 4.69) is 6.92 Å². The lowest BCUT2D eigenvalue weighted by atomic mass is 10.0. The molecule has 0 aliphatic heterocycles. The molecule has 0 amide bonds. The van der Waals surface area contributed by atoms with E-state index < -0.39 is 12.1 Å². The molecule has 2 N–H and O–H groups in total. The average Bonchev–Trinajstić information content (AvgIpc) is 2.58. The van der Waals surface area contributed by atoms with Gasteiger partial charge in [-0.1, -0.05) is 80.4 Å². The van der Waals surface area contributed by atoms with E-state index in [-0.39, 0.29) is 5.97 Å². The third-order valence-corrected chi connectivity index (χ3v) is 3.61. The number of hydrogen-bond acceptors (Lipinski definition) is 3. The first-order valence-electron chi connectivity index (χ1n) is 7.78. The standard InChI is InChI=1S/C19H23NO2/c1-2-3-14-17(20)19(21)22-18(15-10-6-4-7-11-15)16-12-8-5-9-13-16/h4-13,17-18H,2-3,14,20H2,1H3/t17-/m0/s1. The fraction of sp³-hybridized carbons (Fsp3) is 0.316. The van der Waals surface area contributed by atoms with E-state index >= 15 is 0 Å². The maximum Gasteiger partial charge on any atom is 0.323 e.